The van der Waals surface area contributed by atoms with Gasteiger partial charge in [0, 0.05) is 25.1 Å². The van der Waals surface area contributed by atoms with E-state index in [9.17, 15) is 5.11 Å². The lowest BCUT2D eigenvalue weighted by atomic mass is 9.74. The summed E-state index contributed by atoms with van der Waals surface area (Å²) in [5, 5.41) is 15.9. The van der Waals surface area contributed by atoms with E-state index in [-0.39, 0.29) is 18.0 Å². The van der Waals surface area contributed by atoms with Gasteiger partial charge in [-0.3, -0.25) is 0 Å². The summed E-state index contributed by atoms with van der Waals surface area (Å²) in [4.78, 5) is 8.22. The largest absolute Gasteiger partial charge is 0.396 e. The van der Waals surface area contributed by atoms with Gasteiger partial charge in [-0.05, 0) is 12.8 Å². The third-order valence-corrected chi connectivity index (χ3v) is 3.89. The maximum atomic E-state index is 9.67. The Hall–Kier alpha value is -1.56. The topological polar surface area (TPSA) is 96.1 Å². The summed E-state index contributed by atoms with van der Waals surface area (Å²) in [5.41, 5.74) is 5.64. The van der Waals surface area contributed by atoms with Crippen LogP contribution in [0.3, 0.4) is 0 Å². The molecule has 2 rings (SSSR count). The predicted molar refractivity (Wildman–Crippen MR) is 77.1 cm³/mol. The molecule has 6 nitrogen and oxygen atoms in total. The maximum Gasteiger partial charge on any atom is 0.223 e. The molecule has 0 spiro atoms. The normalized spacial score (nSPS) is 18.0. The highest BCUT2D eigenvalue weighted by molar-refractivity contribution is 5.50. The number of nitrogens with one attached hydrogen (secondary N) is 2. The SMILES string of the molecule is CNc1cc(NCC2(CO)CCCCC2)nc(N)n1. The fraction of sp³-hybridized carbons (Fsp3) is 0.692. The summed E-state index contributed by atoms with van der Waals surface area (Å²) in [6.07, 6.45) is 5.78. The first-order chi connectivity index (χ1) is 9.17. The Morgan fingerprint density at radius 2 is 1.95 bits per heavy atom. The molecule has 1 aliphatic rings. The molecule has 1 heterocycles. The molecule has 0 aromatic carbocycles. The van der Waals surface area contributed by atoms with Crippen LogP contribution >= 0.6 is 0 Å². The zero-order valence-corrected chi connectivity index (χ0v) is 11.4. The maximum absolute atomic E-state index is 9.67. The summed E-state index contributed by atoms with van der Waals surface area (Å²) in [5.74, 6) is 1.64. The first-order valence-corrected chi connectivity index (χ1v) is 6.84. The van der Waals surface area contributed by atoms with Gasteiger partial charge in [-0.1, -0.05) is 19.3 Å². The van der Waals surface area contributed by atoms with Crippen molar-refractivity contribution in [2.75, 3.05) is 36.6 Å². The highest BCUT2D eigenvalue weighted by Crippen LogP contribution is 2.35. The van der Waals surface area contributed by atoms with Crippen molar-refractivity contribution in [3.05, 3.63) is 6.07 Å². The van der Waals surface area contributed by atoms with Crippen LogP contribution in [-0.4, -0.2) is 35.3 Å². The fourth-order valence-corrected chi connectivity index (χ4v) is 2.66. The summed E-state index contributed by atoms with van der Waals surface area (Å²) in [6, 6.07) is 1.82. The Morgan fingerprint density at radius 1 is 1.26 bits per heavy atom. The number of hydrogen-bond acceptors (Lipinski definition) is 6. The monoisotopic (exact) mass is 265 g/mol. The third kappa shape index (κ3) is 3.47. The van der Waals surface area contributed by atoms with E-state index < -0.39 is 0 Å². The van der Waals surface area contributed by atoms with Crippen LogP contribution in [0.5, 0.6) is 0 Å². The van der Waals surface area contributed by atoms with Crippen LogP contribution in [0, 0.1) is 5.41 Å². The number of anilines is 3. The van der Waals surface area contributed by atoms with Crippen LogP contribution in [0.2, 0.25) is 0 Å². The van der Waals surface area contributed by atoms with E-state index in [1.54, 1.807) is 7.05 Å². The summed E-state index contributed by atoms with van der Waals surface area (Å²) in [6.45, 7) is 0.947. The molecule has 0 radical (unpaired) electrons. The Kier molecular flexibility index (Phi) is 4.42. The van der Waals surface area contributed by atoms with Crippen LogP contribution in [0.15, 0.2) is 6.07 Å². The van der Waals surface area contributed by atoms with Gasteiger partial charge in [0.15, 0.2) is 0 Å². The van der Waals surface area contributed by atoms with Crippen molar-refractivity contribution in [3.8, 4) is 0 Å². The number of aliphatic hydroxyl groups is 1. The number of nitrogen functional groups attached to an aromatic ring is 1. The molecule has 0 amide bonds. The van der Waals surface area contributed by atoms with Gasteiger partial charge in [-0.25, -0.2) is 0 Å². The Morgan fingerprint density at radius 3 is 2.58 bits per heavy atom. The molecule has 19 heavy (non-hydrogen) atoms. The van der Waals surface area contributed by atoms with Gasteiger partial charge in [0.1, 0.15) is 11.6 Å². The van der Waals surface area contributed by atoms with Crippen molar-refractivity contribution in [2.24, 2.45) is 5.41 Å². The Labute approximate surface area is 113 Å². The first-order valence-electron chi connectivity index (χ1n) is 6.84. The van der Waals surface area contributed by atoms with Crippen LogP contribution in [0.4, 0.5) is 17.6 Å². The van der Waals surface area contributed by atoms with E-state index in [1.807, 2.05) is 6.07 Å². The molecule has 0 unspecified atom stereocenters. The van der Waals surface area contributed by atoms with Crippen molar-refractivity contribution in [2.45, 2.75) is 32.1 Å². The quantitative estimate of drug-likeness (QED) is 0.643. The van der Waals surface area contributed by atoms with Crippen molar-refractivity contribution in [1.29, 1.82) is 0 Å². The Balaban J connectivity index is 2.02. The van der Waals surface area contributed by atoms with E-state index in [4.69, 9.17) is 5.73 Å². The van der Waals surface area contributed by atoms with Crippen molar-refractivity contribution in [3.63, 3.8) is 0 Å². The smallest absolute Gasteiger partial charge is 0.223 e. The highest BCUT2D eigenvalue weighted by atomic mass is 16.3. The second-order valence-corrected chi connectivity index (χ2v) is 5.32. The molecular weight excluding hydrogens is 242 g/mol. The van der Waals surface area contributed by atoms with Gasteiger partial charge in [0.05, 0.1) is 6.61 Å². The lowest BCUT2D eigenvalue weighted by Gasteiger charge is -2.35. The number of nitrogens with two attached hydrogens (primary N) is 1. The molecule has 0 aliphatic heterocycles. The van der Waals surface area contributed by atoms with Crippen LogP contribution in [-0.2, 0) is 0 Å². The van der Waals surface area contributed by atoms with Gasteiger partial charge in [0.2, 0.25) is 5.95 Å². The van der Waals surface area contributed by atoms with Crippen LogP contribution in [0.1, 0.15) is 32.1 Å². The molecule has 1 fully saturated rings. The first kappa shape index (κ1) is 13.9. The fourth-order valence-electron chi connectivity index (χ4n) is 2.66. The van der Waals surface area contributed by atoms with Crippen LogP contribution in [0.25, 0.3) is 0 Å². The second-order valence-electron chi connectivity index (χ2n) is 5.32. The standard InChI is InChI=1S/C13H23N5O/c1-15-10-7-11(18-12(14)17-10)16-8-13(9-19)5-3-2-4-6-13/h7,19H,2-6,8-9H2,1H3,(H4,14,15,16,17,18). The van der Waals surface area contributed by atoms with E-state index in [0.29, 0.717) is 11.6 Å². The molecule has 1 aromatic rings. The molecule has 0 saturated heterocycles. The molecule has 1 saturated carbocycles. The molecule has 1 aromatic heterocycles. The van der Waals surface area contributed by atoms with Gasteiger partial charge in [-0.2, -0.15) is 9.97 Å². The zero-order chi connectivity index (χ0) is 13.7. The lowest BCUT2D eigenvalue weighted by Crippen LogP contribution is -2.35. The predicted octanol–water partition coefficient (Wildman–Crippen LogP) is 1.46. The second kappa shape index (κ2) is 6.06. The lowest BCUT2D eigenvalue weighted by molar-refractivity contribution is 0.0943. The molecule has 106 valence electrons. The number of rotatable bonds is 5. The summed E-state index contributed by atoms with van der Waals surface area (Å²) < 4.78 is 0. The molecule has 5 N–H and O–H groups in total. The zero-order valence-electron chi connectivity index (χ0n) is 11.4. The van der Waals surface area contributed by atoms with Gasteiger partial charge in [-0.15, -0.1) is 0 Å². The molecule has 6 heteroatoms. The van der Waals surface area contributed by atoms with Gasteiger partial charge < -0.3 is 21.5 Å². The highest BCUT2D eigenvalue weighted by Gasteiger charge is 2.31. The Bertz CT molecular complexity index is 417. The number of nitrogens with zero attached hydrogens (tertiary/aromatic N) is 2. The van der Waals surface area contributed by atoms with E-state index in [2.05, 4.69) is 20.6 Å². The minimum absolute atomic E-state index is 0.0161. The number of aliphatic hydroxyl groups excluding tert-OH is 1. The summed E-state index contributed by atoms with van der Waals surface area (Å²) >= 11 is 0. The van der Waals surface area contributed by atoms with Crippen molar-refractivity contribution >= 4 is 17.6 Å². The molecule has 0 bridgehead atoms. The van der Waals surface area contributed by atoms with Gasteiger partial charge in [0.25, 0.3) is 0 Å². The third-order valence-electron chi connectivity index (χ3n) is 3.89. The van der Waals surface area contributed by atoms with E-state index >= 15 is 0 Å². The average Bonchev–Trinajstić information content (AvgIpc) is 2.45. The van der Waals surface area contributed by atoms with Gasteiger partial charge >= 0.3 is 0 Å². The van der Waals surface area contributed by atoms with Crippen LogP contribution < -0.4 is 16.4 Å². The van der Waals surface area contributed by atoms with E-state index in [1.165, 1.54) is 19.3 Å². The van der Waals surface area contributed by atoms with Crippen molar-refractivity contribution < 1.29 is 5.11 Å². The average molecular weight is 265 g/mol. The van der Waals surface area contributed by atoms with E-state index in [0.717, 1.165) is 19.4 Å². The van der Waals surface area contributed by atoms with Crippen molar-refractivity contribution in [1.82, 2.24) is 9.97 Å². The minimum Gasteiger partial charge on any atom is -0.396 e. The summed E-state index contributed by atoms with van der Waals surface area (Å²) in [7, 11) is 1.79. The molecule has 1 aliphatic carbocycles. The molecular formula is C13H23N5O. The number of hydrogen-bond donors (Lipinski definition) is 4. The molecule has 0 atom stereocenters. The minimum atomic E-state index is -0.0161. The number of aromatic nitrogens is 2.